The van der Waals surface area contributed by atoms with Crippen LogP contribution in [0.25, 0.3) is 0 Å². The first-order valence-corrected chi connectivity index (χ1v) is 11.2. The fourth-order valence-corrected chi connectivity index (χ4v) is 4.47. The molecule has 0 bridgehead atoms. The van der Waals surface area contributed by atoms with Crippen molar-refractivity contribution in [3.05, 3.63) is 90.0 Å². The lowest BCUT2D eigenvalue weighted by molar-refractivity contribution is -0.120. The number of hydrogen-bond donors (Lipinski definition) is 0. The molecular formula is C24H23NO6S. The SMILES string of the molecule is COc1ccc(N(Cc2ccccc2)S(=O)(=O)c2cccc(C(=O)OCC(C)=O)c2)cc1. The van der Waals surface area contributed by atoms with Crippen LogP contribution in [0, 0.1) is 0 Å². The molecule has 7 nitrogen and oxygen atoms in total. The quantitative estimate of drug-likeness (QED) is 0.458. The predicted octanol–water partition coefficient (Wildman–Crippen LogP) is 3.84. The van der Waals surface area contributed by atoms with E-state index in [-0.39, 0.29) is 29.4 Å². The number of anilines is 1. The van der Waals surface area contributed by atoms with Gasteiger partial charge in [-0.05, 0) is 55.0 Å². The van der Waals surface area contributed by atoms with Gasteiger partial charge in [-0.1, -0.05) is 36.4 Å². The smallest absolute Gasteiger partial charge is 0.338 e. The zero-order valence-corrected chi connectivity index (χ0v) is 18.5. The van der Waals surface area contributed by atoms with Gasteiger partial charge in [-0.3, -0.25) is 9.10 Å². The van der Waals surface area contributed by atoms with Crippen LogP contribution in [0.3, 0.4) is 0 Å². The highest BCUT2D eigenvalue weighted by molar-refractivity contribution is 7.92. The third kappa shape index (κ3) is 5.53. The van der Waals surface area contributed by atoms with Gasteiger partial charge in [0.1, 0.15) is 12.4 Å². The zero-order valence-electron chi connectivity index (χ0n) is 17.7. The highest BCUT2D eigenvalue weighted by atomic mass is 32.2. The number of methoxy groups -OCH3 is 1. The molecule has 0 atom stereocenters. The van der Waals surface area contributed by atoms with Crippen LogP contribution in [0.2, 0.25) is 0 Å². The van der Waals surface area contributed by atoms with E-state index < -0.39 is 16.0 Å². The monoisotopic (exact) mass is 453 g/mol. The number of ketones is 1. The molecule has 0 aliphatic rings. The Morgan fingerprint density at radius 3 is 2.22 bits per heavy atom. The topological polar surface area (TPSA) is 90.0 Å². The summed E-state index contributed by atoms with van der Waals surface area (Å²) in [4.78, 5) is 23.2. The number of carbonyl (C=O) groups is 2. The van der Waals surface area contributed by atoms with E-state index >= 15 is 0 Å². The van der Waals surface area contributed by atoms with Crippen LogP contribution in [0.4, 0.5) is 5.69 Å². The van der Waals surface area contributed by atoms with Gasteiger partial charge < -0.3 is 9.47 Å². The number of ether oxygens (including phenoxy) is 2. The van der Waals surface area contributed by atoms with Gasteiger partial charge >= 0.3 is 5.97 Å². The molecular weight excluding hydrogens is 430 g/mol. The van der Waals surface area contributed by atoms with Gasteiger partial charge in [0.25, 0.3) is 10.0 Å². The number of carbonyl (C=O) groups excluding carboxylic acids is 2. The van der Waals surface area contributed by atoms with Crippen molar-refractivity contribution in [3.8, 4) is 5.75 Å². The summed E-state index contributed by atoms with van der Waals surface area (Å²) in [5.74, 6) is -0.479. The molecule has 0 amide bonds. The fraction of sp³-hybridized carbons (Fsp3) is 0.167. The number of rotatable bonds is 9. The maximum absolute atomic E-state index is 13.6. The maximum Gasteiger partial charge on any atom is 0.338 e. The Bertz CT molecular complexity index is 1190. The van der Waals surface area contributed by atoms with Crippen LogP contribution in [0.15, 0.2) is 83.8 Å². The van der Waals surface area contributed by atoms with E-state index in [0.29, 0.717) is 11.4 Å². The van der Waals surface area contributed by atoms with E-state index in [1.807, 2.05) is 30.3 Å². The normalized spacial score (nSPS) is 10.9. The highest BCUT2D eigenvalue weighted by Gasteiger charge is 2.26. The number of hydrogen-bond acceptors (Lipinski definition) is 6. The summed E-state index contributed by atoms with van der Waals surface area (Å²) in [7, 11) is -2.51. The lowest BCUT2D eigenvalue weighted by Gasteiger charge is -2.25. The van der Waals surface area contributed by atoms with E-state index in [4.69, 9.17) is 9.47 Å². The first-order chi connectivity index (χ1) is 15.3. The van der Waals surface area contributed by atoms with Crippen molar-refractivity contribution in [2.45, 2.75) is 18.4 Å². The lowest BCUT2D eigenvalue weighted by atomic mass is 10.2. The van der Waals surface area contributed by atoms with Crippen molar-refractivity contribution >= 4 is 27.5 Å². The number of esters is 1. The average Bonchev–Trinajstić information content (AvgIpc) is 2.81. The van der Waals surface area contributed by atoms with Gasteiger partial charge in [-0.15, -0.1) is 0 Å². The maximum atomic E-state index is 13.6. The van der Waals surface area contributed by atoms with Crippen LogP contribution in [0.5, 0.6) is 5.75 Å². The van der Waals surface area contributed by atoms with Gasteiger partial charge in [0.15, 0.2) is 5.78 Å². The number of Topliss-reactive ketones (excluding diaryl/α,β-unsaturated/α-hetero) is 1. The summed E-state index contributed by atoms with van der Waals surface area (Å²) in [6.07, 6.45) is 0. The molecule has 0 aliphatic heterocycles. The van der Waals surface area contributed by atoms with Crippen molar-refractivity contribution in [1.82, 2.24) is 0 Å². The Labute approximate surface area is 187 Å². The molecule has 3 aromatic carbocycles. The summed E-state index contributed by atoms with van der Waals surface area (Å²) in [6.45, 7) is 1.01. The molecule has 3 rings (SSSR count). The summed E-state index contributed by atoms with van der Waals surface area (Å²) in [6, 6.07) is 21.4. The molecule has 0 saturated carbocycles. The minimum Gasteiger partial charge on any atom is -0.497 e. The summed E-state index contributed by atoms with van der Waals surface area (Å²) < 4.78 is 38.6. The molecule has 0 aromatic heterocycles. The largest absolute Gasteiger partial charge is 0.497 e. The minimum absolute atomic E-state index is 0.0433. The van der Waals surface area contributed by atoms with Gasteiger partial charge in [0.2, 0.25) is 0 Å². The average molecular weight is 454 g/mol. The van der Waals surface area contributed by atoms with Gasteiger partial charge in [0, 0.05) is 0 Å². The van der Waals surface area contributed by atoms with Crippen LogP contribution >= 0.6 is 0 Å². The van der Waals surface area contributed by atoms with Crippen molar-refractivity contribution in [3.63, 3.8) is 0 Å². The Kier molecular flexibility index (Phi) is 7.27. The molecule has 0 spiro atoms. The Morgan fingerprint density at radius 1 is 0.906 bits per heavy atom. The van der Waals surface area contributed by atoms with Gasteiger partial charge in [-0.25, -0.2) is 13.2 Å². The third-order valence-electron chi connectivity index (χ3n) is 4.59. The molecule has 32 heavy (non-hydrogen) atoms. The minimum atomic E-state index is -4.04. The summed E-state index contributed by atoms with van der Waals surface area (Å²) in [5.41, 5.74) is 1.28. The molecule has 3 aromatic rings. The van der Waals surface area contributed by atoms with Gasteiger partial charge in [0.05, 0.1) is 29.8 Å². The van der Waals surface area contributed by atoms with E-state index in [2.05, 4.69) is 0 Å². The van der Waals surface area contributed by atoms with Crippen LogP contribution in [0.1, 0.15) is 22.8 Å². The second-order valence-corrected chi connectivity index (χ2v) is 8.86. The molecule has 0 aliphatic carbocycles. The van der Waals surface area contributed by atoms with Crippen molar-refractivity contribution in [2.75, 3.05) is 18.0 Å². The zero-order chi connectivity index (χ0) is 23.1. The molecule has 8 heteroatoms. The molecule has 0 radical (unpaired) electrons. The standard InChI is InChI=1S/C24H23NO6S/c1-18(26)17-31-24(27)20-9-6-10-23(15-20)32(28,29)25(16-19-7-4-3-5-8-19)21-11-13-22(30-2)14-12-21/h3-15H,16-17H2,1-2H3. The van der Waals surface area contributed by atoms with Gasteiger partial charge in [-0.2, -0.15) is 0 Å². The number of nitrogens with zero attached hydrogens (tertiary/aromatic N) is 1. The van der Waals surface area contributed by atoms with E-state index in [1.165, 1.54) is 42.6 Å². The van der Waals surface area contributed by atoms with E-state index in [0.717, 1.165) is 5.56 Å². The lowest BCUT2D eigenvalue weighted by Crippen LogP contribution is -2.30. The number of sulfonamides is 1. The molecule has 0 fully saturated rings. The van der Waals surface area contributed by atoms with Crippen molar-refractivity contribution in [2.24, 2.45) is 0 Å². The van der Waals surface area contributed by atoms with Crippen LogP contribution < -0.4 is 9.04 Å². The van der Waals surface area contributed by atoms with Crippen LogP contribution in [-0.2, 0) is 26.1 Å². The third-order valence-corrected chi connectivity index (χ3v) is 6.36. The summed E-state index contributed by atoms with van der Waals surface area (Å²) in [5, 5.41) is 0. The first-order valence-electron chi connectivity index (χ1n) is 9.78. The Balaban J connectivity index is 2.00. The second-order valence-electron chi connectivity index (χ2n) is 7.00. The van der Waals surface area contributed by atoms with Crippen LogP contribution in [-0.4, -0.2) is 33.9 Å². The van der Waals surface area contributed by atoms with E-state index in [9.17, 15) is 18.0 Å². The predicted molar refractivity (Wildman–Crippen MR) is 120 cm³/mol. The molecule has 0 N–H and O–H groups in total. The second kappa shape index (κ2) is 10.1. The molecule has 0 saturated heterocycles. The molecule has 0 heterocycles. The highest BCUT2D eigenvalue weighted by Crippen LogP contribution is 2.28. The Morgan fingerprint density at radius 2 is 1.59 bits per heavy atom. The molecule has 0 unspecified atom stereocenters. The first kappa shape index (κ1) is 23.0. The van der Waals surface area contributed by atoms with Crippen molar-refractivity contribution in [1.29, 1.82) is 0 Å². The fourth-order valence-electron chi connectivity index (χ4n) is 2.97. The van der Waals surface area contributed by atoms with Crippen molar-refractivity contribution < 1.29 is 27.5 Å². The Hall–Kier alpha value is -3.65. The van der Waals surface area contributed by atoms with E-state index in [1.54, 1.807) is 24.3 Å². The molecule has 166 valence electrons. The number of benzene rings is 3. The summed E-state index contributed by atoms with van der Waals surface area (Å²) >= 11 is 0.